The highest BCUT2D eigenvalue weighted by Crippen LogP contribution is 2.34. The third kappa shape index (κ3) is 4.46. The molecular weight excluding hydrogens is 414 g/mol. The van der Waals surface area contributed by atoms with Crippen molar-refractivity contribution >= 4 is 23.4 Å². The van der Waals surface area contributed by atoms with Crippen LogP contribution < -0.4 is 20.6 Å². The summed E-state index contributed by atoms with van der Waals surface area (Å²) in [5.41, 5.74) is 2.79. The summed E-state index contributed by atoms with van der Waals surface area (Å²) in [6.07, 6.45) is 0. The maximum Gasteiger partial charge on any atom is 0.237 e. The van der Waals surface area contributed by atoms with Crippen molar-refractivity contribution in [1.82, 2.24) is 14.9 Å². The molecule has 8 nitrogen and oxygen atoms in total. The number of thioether (sulfide) groups is 1. The molecule has 0 bridgehead atoms. The summed E-state index contributed by atoms with van der Waals surface area (Å²) in [7, 11) is 0. The number of anilines is 1. The molecule has 9 heteroatoms. The van der Waals surface area contributed by atoms with Gasteiger partial charge >= 0.3 is 0 Å². The summed E-state index contributed by atoms with van der Waals surface area (Å²) in [5.74, 6) is 7.88. The summed E-state index contributed by atoms with van der Waals surface area (Å²) in [6.45, 7) is 8.47. The zero-order valence-corrected chi connectivity index (χ0v) is 18.7. The van der Waals surface area contributed by atoms with Gasteiger partial charge in [0, 0.05) is 17.3 Å². The molecule has 1 aliphatic heterocycles. The molecule has 3 aromatic rings. The fourth-order valence-electron chi connectivity index (χ4n) is 3.10. The molecule has 1 aromatic heterocycles. The first-order valence-electron chi connectivity index (χ1n) is 9.91. The molecule has 1 aliphatic rings. The summed E-state index contributed by atoms with van der Waals surface area (Å²) in [4.78, 5) is 12.6. The SMILES string of the molecule is CC(Sc1nnc(-c2ccc(C(C)(C)C)cc2)n1N)C(=O)Nc1ccc2c(c1)OCO2. The van der Waals surface area contributed by atoms with E-state index in [1.807, 2.05) is 12.1 Å². The number of nitrogens with two attached hydrogens (primary N) is 1. The number of ether oxygens (including phenoxy) is 2. The molecule has 2 heterocycles. The van der Waals surface area contributed by atoms with Gasteiger partial charge in [-0.25, -0.2) is 4.68 Å². The molecule has 1 unspecified atom stereocenters. The van der Waals surface area contributed by atoms with E-state index in [-0.39, 0.29) is 18.1 Å². The van der Waals surface area contributed by atoms with Gasteiger partial charge in [0.2, 0.25) is 17.9 Å². The molecule has 2 aromatic carbocycles. The Labute approximate surface area is 185 Å². The molecule has 1 atom stereocenters. The van der Waals surface area contributed by atoms with E-state index < -0.39 is 5.25 Å². The highest BCUT2D eigenvalue weighted by atomic mass is 32.2. The van der Waals surface area contributed by atoms with Gasteiger partial charge in [-0.2, -0.15) is 0 Å². The summed E-state index contributed by atoms with van der Waals surface area (Å²) >= 11 is 1.24. The van der Waals surface area contributed by atoms with Crippen molar-refractivity contribution in [2.24, 2.45) is 0 Å². The van der Waals surface area contributed by atoms with Crippen LogP contribution in [0.2, 0.25) is 0 Å². The Hall–Kier alpha value is -3.20. The average Bonchev–Trinajstić information content (AvgIpc) is 3.34. The largest absolute Gasteiger partial charge is 0.454 e. The topological polar surface area (TPSA) is 104 Å². The van der Waals surface area contributed by atoms with E-state index in [0.717, 1.165) is 5.56 Å². The molecule has 31 heavy (non-hydrogen) atoms. The number of rotatable bonds is 5. The highest BCUT2D eigenvalue weighted by molar-refractivity contribution is 8.00. The number of carbonyl (C=O) groups excluding carboxylic acids is 1. The van der Waals surface area contributed by atoms with Crippen LogP contribution in [0.4, 0.5) is 5.69 Å². The van der Waals surface area contributed by atoms with Gasteiger partial charge in [-0.1, -0.05) is 56.8 Å². The predicted molar refractivity (Wildman–Crippen MR) is 121 cm³/mol. The lowest BCUT2D eigenvalue weighted by molar-refractivity contribution is -0.115. The summed E-state index contributed by atoms with van der Waals surface area (Å²) < 4.78 is 12.1. The van der Waals surface area contributed by atoms with Gasteiger partial charge in [0.15, 0.2) is 17.3 Å². The molecule has 0 fully saturated rings. The molecule has 1 amide bonds. The Morgan fingerprint density at radius 1 is 1.13 bits per heavy atom. The van der Waals surface area contributed by atoms with Gasteiger partial charge < -0.3 is 20.6 Å². The Morgan fingerprint density at radius 2 is 1.84 bits per heavy atom. The average molecular weight is 440 g/mol. The van der Waals surface area contributed by atoms with E-state index in [4.69, 9.17) is 15.3 Å². The van der Waals surface area contributed by atoms with Crippen molar-refractivity contribution in [2.75, 3.05) is 18.0 Å². The first-order chi connectivity index (χ1) is 14.7. The quantitative estimate of drug-likeness (QED) is 0.460. The van der Waals surface area contributed by atoms with Crippen LogP contribution in [-0.4, -0.2) is 32.8 Å². The number of hydrogen-bond acceptors (Lipinski definition) is 7. The van der Waals surface area contributed by atoms with Crippen LogP contribution in [0.15, 0.2) is 47.6 Å². The Balaban J connectivity index is 1.43. The smallest absolute Gasteiger partial charge is 0.237 e. The van der Waals surface area contributed by atoms with Crippen LogP contribution >= 0.6 is 11.8 Å². The number of nitrogen functional groups attached to an aromatic ring is 1. The molecule has 3 N–H and O–H groups in total. The zero-order chi connectivity index (χ0) is 22.2. The van der Waals surface area contributed by atoms with Crippen LogP contribution in [0.25, 0.3) is 11.4 Å². The normalized spacial score (nSPS) is 13.8. The minimum absolute atomic E-state index is 0.0662. The van der Waals surface area contributed by atoms with Crippen molar-refractivity contribution in [3.63, 3.8) is 0 Å². The third-order valence-corrected chi connectivity index (χ3v) is 6.02. The first kappa shape index (κ1) is 21.0. The van der Waals surface area contributed by atoms with Crippen LogP contribution in [0.1, 0.15) is 33.3 Å². The van der Waals surface area contributed by atoms with E-state index in [0.29, 0.717) is 28.2 Å². The van der Waals surface area contributed by atoms with E-state index >= 15 is 0 Å². The van der Waals surface area contributed by atoms with E-state index in [2.05, 4.69) is 48.4 Å². The highest BCUT2D eigenvalue weighted by Gasteiger charge is 2.22. The molecule has 0 radical (unpaired) electrons. The summed E-state index contributed by atoms with van der Waals surface area (Å²) in [6, 6.07) is 13.4. The van der Waals surface area contributed by atoms with E-state index in [9.17, 15) is 4.79 Å². The molecule has 0 saturated heterocycles. The second-order valence-corrected chi connectivity index (χ2v) is 9.63. The second-order valence-electron chi connectivity index (χ2n) is 8.32. The third-order valence-electron chi connectivity index (χ3n) is 4.97. The zero-order valence-electron chi connectivity index (χ0n) is 17.9. The summed E-state index contributed by atoms with van der Waals surface area (Å²) in [5, 5.41) is 11.3. The maximum atomic E-state index is 12.6. The number of amides is 1. The molecule has 0 aliphatic carbocycles. The Morgan fingerprint density at radius 3 is 2.55 bits per heavy atom. The predicted octanol–water partition coefficient (Wildman–Crippen LogP) is 3.80. The number of aromatic nitrogens is 3. The van der Waals surface area contributed by atoms with Gasteiger partial charge in [0.1, 0.15) is 0 Å². The molecule has 0 spiro atoms. The molecule has 162 valence electrons. The fraction of sp³-hybridized carbons (Fsp3) is 0.318. The number of nitrogens with zero attached hydrogens (tertiary/aromatic N) is 3. The Kier molecular flexibility index (Phi) is 5.53. The van der Waals surface area contributed by atoms with Crippen molar-refractivity contribution in [1.29, 1.82) is 0 Å². The standard InChI is InChI=1S/C22H25N5O3S/c1-13(20(28)24-16-9-10-17-18(11-16)30-12-29-17)31-21-26-25-19(27(21)23)14-5-7-15(8-6-14)22(2,3)4/h5-11,13H,12,23H2,1-4H3,(H,24,28). The number of fused-ring (bicyclic) bond motifs is 1. The van der Waals surface area contributed by atoms with Gasteiger partial charge in [-0.3, -0.25) is 4.79 Å². The molecular formula is C22H25N5O3S. The van der Waals surface area contributed by atoms with Crippen molar-refractivity contribution in [3.05, 3.63) is 48.0 Å². The van der Waals surface area contributed by atoms with Crippen molar-refractivity contribution < 1.29 is 14.3 Å². The monoisotopic (exact) mass is 439 g/mol. The van der Waals surface area contributed by atoms with Crippen LogP contribution in [0.3, 0.4) is 0 Å². The number of hydrogen-bond donors (Lipinski definition) is 2. The van der Waals surface area contributed by atoms with Gasteiger partial charge in [0.05, 0.1) is 5.25 Å². The van der Waals surface area contributed by atoms with Gasteiger partial charge in [-0.05, 0) is 30.0 Å². The van der Waals surface area contributed by atoms with Crippen molar-refractivity contribution in [3.8, 4) is 22.9 Å². The van der Waals surface area contributed by atoms with Gasteiger partial charge in [-0.15, -0.1) is 10.2 Å². The van der Waals surface area contributed by atoms with E-state index in [1.54, 1.807) is 25.1 Å². The first-order valence-corrected chi connectivity index (χ1v) is 10.8. The van der Waals surface area contributed by atoms with Crippen LogP contribution in [0, 0.1) is 0 Å². The lowest BCUT2D eigenvalue weighted by Crippen LogP contribution is -2.23. The lowest BCUT2D eigenvalue weighted by atomic mass is 9.87. The second kappa shape index (κ2) is 8.14. The van der Waals surface area contributed by atoms with Crippen LogP contribution in [0.5, 0.6) is 11.5 Å². The van der Waals surface area contributed by atoms with Crippen molar-refractivity contribution in [2.45, 2.75) is 43.5 Å². The van der Waals surface area contributed by atoms with Gasteiger partial charge in [0.25, 0.3) is 0 Å². The van der Waals surface area contributed by atoms with E-state index in [1.165, 1.54) is 22.0 Å². The lowest BCUT2D eigenvalue weighted by Gasteiger charge is -2.19. The maximum absolute atomic E-state index is 12.6. The fourth-order valence-corrected chi connectivity index (χ4v) is 3.87. The van der Waals surface area contributed by atoms with Crippen LogP contribution in [-0.2, 0) is 10.2 Å². The minimum Gasteiger partial charge on any atom is -0.454 e. The number of nitrogens with one attached hydrogen (secondary N) is 1. The molecule has 0 saturated carbocycles. The number of benzene rings is 2. The Bertz CT molecular complexity index is 1110. The molecule has 4 rings (SSSR count). The number of carbonyl (C=O) groups is 1. The minimum atomic E-state index is -0.437.